The molecule has 104 valence electrons. The third-order valence-electron chi connectivity index (χ3n) is 3.45. The van der Waals surface area contributed by atoms with Gasteiger partial charge in [-0.2, -0.15) is 0 Å². The molecule has 0 radical (unpaired) electrons. The number of nitrogens with zero attached hydrogens (tertiary/aromatic N) is 4. The number of carbonyl (C=O) groups is 1. The van der Waals surface area contributed by atoms with Crippen molar-refractivity contribution in [1.29, 1.82) is 0 Å². The Labute approximate surface area is 112 Å². The first kappa shape index (κ1) is 13.5. The van der Waals surface area contributed by atoms with Gasteiger partial charge in [0.15, 0.2) is 0 Å². The molecule has 0 saturated carbocycles. The van der Waals surface area contributed by atoms with Gasteiger partial charge >= 0.3 is 0 Å². The number of rotatable bonds is 2. The van der Waals surface area contributed by atoms with E-state index in [1.165, 1.54) is 0 Å². The predicted octanol–water partition coefficient (Wildman–Crippen LogP) is 0.128. The van der Waals surface area contributed by atoms with Gasteiger partial charge in [0.25, 0.3) is 0 Å². The summed E-state index contributed by atoms with van der Waals surface area (Å²) in [7, 11) is 1.82. The topological polar surface area (TPSA) is 87.4 Å². The van der Waals surface area contributed by atoms with E-state index in [1.54, 1.807) is 17.9 Å². The summed E-state index contributed by atoms with van der Waals surface area (Å²) in [6.45, 7) is 7.01. The summed E-state index contributed by atoms with van der Waals surface area (Å²) >= 11 is 0. The van der Waals surface area contributed by atoms with E-state index < -0.39 is 5.54 Å². The first-order chi connectivity index (χ1) is 8.86. The van der Waals surface area contributed by atoms with Crippen LogP contribution in [0.4, 0.5) is 11.6 Å². The third-order valence-corrected chi connectivity index (χ3v) is 3.45. The van der Waals surface area contributed by atoms with Crippen LogP contribution in [0.25, 0.3) is 0 Å². The lowest BCUT2D eigenvalue weighted by molar-refractivity contribution is -0.136. The van der Waals surface area contributed by atoms with E-state index in [1.807, 2.05) is 25.8 Å². The average Bonchev–Trinajstić information content (AvgIpc) is 2.35. The third kappa shape index (κ3) is 2.33. The summed E-state index contributed by atoms with van der Waals surface area (Å²) in [5, 5.41) is 0. The molecule has 3 N–H and O–H groups in total. The quantitative estimate of drug-likeness (QED) is 0.583. The van der Waals surface area contributed by atoms with Crippen LogP contribution in [-0.4, -0.2) is 46.5 Å². The van der Waals surface area contributed by atoms with Gasteiger partial charge < -0.3 is 15.2 Å². The molecule has 7 nitrogen and oxygen atoms in total. The van der Waals surface area contributed by atoms with Gasteiger partial charge in [0, 0.05) is 26.2 Å². The summed E-state index contributed by atoms with van der Waals surface area (Å²) in [5.74, 6) is 7.36. The fourth-order valence-electron chi connectivity index (χ4n) is 2.38. The first-order valence-corrected chi connectivity index (χ1v) is 6.22. The lowest BCUT2D eigenvalue weighted by Crippen LogP contribution is -2.62. The number of carbonyl (C=O) groups excluding carboxylic acids is 1. The number of hydrogen-bond acceptors (Lipinski definition) is 6. The van der Waals surface area contributed by atoms with Crippen molar-refractivity contribution in [3.8, 4) is 0 Å². The molecular weight excluding hydrogens is 244 g/mol. The number of hydrogen-bond donors (Lipinski definition) is 2. The van der Waals surface area contributed by atoms with E-state index >= 15 is 0 Å². The van der Waals surface area contributed by atoms with Crippen molar-refractivity contribution in [3.63, 3.8) is 0 Å². The molecule has 0 spiro atoms. The average molecular weight is 264 g/mol. The highest BCUT2D eigenvalue weighted by atomic mass is 16.2. The highest BCUT2D eigenvalue weighted by molar-refractivity contribution is 5.90. The van der Waals surface area contributed by atoms with Gasteiger partial charge in [-0.1, -0.05) is 0 Å². The second kappa shape index (κ2) is 4.65. The lowest BCUT2D eigenvalue weighted by atomic mass is 9.98. The van der Waals surface area contributed by atoms with Gasteiger partial charge in [0.2, 0.25) is 5.91 Å². The van der Waals surface area contributed by atoms with E-state index in [4.69, 9.17) is 5.84 Å². The Kier molecular flexibility index (Phi) is 3.32. The van der Waals surface area contributed by atoms with E-state index in [9.17, 15) is 4.79 Å². The van der Waals surface area contributed by atoms with Gasteiger partial charge in [-0.3, -0.25) is 4.79 Å². The fraction of sp³-hybridized carbons (Fsp3) is 0.583. The normalized spacial score (nSPS) is 18.7. The number of nitrogens with two attached hydrogens (primary N) is 1. The molecule has 7 heteroatoms. The number of aryl methyl sites for hydroxylation is 1. The zero-order valence-electron chi connectivity index (χ0n) is 11.8. The van der Waals surface area contributed by atoms with Crippen molar-refractivity contribution in [2.24, 2.45) is 5.84 Å². The fourth-order valence-corrected chi connectivity index (χ4v) is 2.38. The zero-order valence-corrected chi connectivity index (χ0v) is 11.8. The zero-order chi connectivity index (χ0) is 14.2. The van der Waals surface area contributed by atoms with Crippen molar-refractivity contribution in [2.45, 2.75) is 26.3 Å². The summed E-state index contributed by atoms with van der Waals surface area (Å²) < 4.78 is 0. The predicted molar refractivity (Wildman–Crippen MR) is 73.6 cm³/mol. The molecule has 0 unspecified atom stereocenters. The highest BCUT2D eigenvalue weighted by Crippen LogP contribution is 2.28. The van der Waals surface area contributed by atoms with Gasteiger partial charge in [-0.15, -0.1) is 0 Å². The SMILES string of the molecule is Cc1nc(NN)cc(N2CCN(C)C(=O)C2(C)C)n1. The number of amides is 1. The molecule has 1 aliphatic rings. The molecule has 0 aliphatic carbocycles. The van der Waals surface area contributed by atoms with Crippen LogP contribution in [-0.2, 0) is 4.79 Å². The smallest absolute Gasteiger partial charge is 0.247 e. The lowest BCUT2D eigenvalue weighted by Gasteiger charge is -2.45. The Balaban J connectivity index is 2.41. The van der Waals surface area contributed by atoms with Crippen molar-refractivity contribution in [2.75, 3.05) is 30.5 Å². The van der Waals surface area contributed by atoms with E-state index in [2.05, 4.69) is 15.4 Å². The maximum absolute atomic E-state index is 12.3. The number of nitrogen functional groups attached to an aromatic ring is 1. The molecule has 2 rings (SSSR count). The molecule has 1 aliphatic heterocycles. The molecule has 19 heavy (non-hydrogen) atoms. The van der Waals surface area contributed by atoms with E-state index in [0.29, 0.717) is 24.0 Å². The molecule has 1 saturated heterocycles. The Morgan fingerprint density at radius 2 is 2.05 bits per heavy atom. The number of aromatic nitrogens is 2. The van der Waals surface area contributed by atoms with Crippen molar-refractivity contribution >= 4 is 17.5 Å². The van der Waals surface area contributed by atoms with Crippen LogP contribution in [0.1, 0.15) is 19.7 Å². The summed E-state index contributed by atoms with van der Waals surface area (Å²) in [6, 6.07) is 1.76. The number of likely N-dealkylation sites (N-methyl/N-ethyl adjacent to an activating group) is 1. The molecule has 0 bridgehead atoms. The van der Waals surface area contributed by atoms with Crippen LogP contribution in [0.5, 0.6) is 0 Å². The minimum absolute atomic E-state index is 0.0808. The maximum atomic E-state index is 12.3. The van der Waals surface area contributed by atoms with Crippen LogP contribution in [0.15, 0.2) is 6.07 Å². The second-order valence-electron chi connectivity index (χ2n) is 5.24. The molecule has 0 aromatic carbocycles. The van der Waals surface area contributed by atoms with Gasteiger partial charge in [0.1, 0.15) is 23.0 Å². The molecule has 1 amide bonds. The van der Waals surface area contributed by atoms with Crippen molar-refractivity contribution in [3.05, 3.63) is 11.9 Å². The van der Waals surface area contributed by atoms with Crippen molar-refractivity contribution < 1.29 is 4.79 Å². The monoisotopic (exact) mass is 264 g/mol. The molecule has 0 atom stereocenters. The standard InChI is InChI=1S/C12H20N6O/c1-8-14-9(16-13)7-10(15-8)18-6-5-17(4)11(19)12(18,2)3/h7H,5-6,13H2,1-4H3,(H,14,15,16). The van der Waals surface area contributed by atoms with E-state index in [-0.39, 0.29) is 5.91 Å². The summed E-state index contributed by atoms with van der Waals surface area (Å²) in [6.07, 6.45) is 0. The number of nitrogens with one attached hydrogen (secondary N) is 1. The Morgan fingerprint density at radius 1 is 1.37 bits per heavy atom. The summed E-state index contributed by atoms with van der Waals surface area (Å²) in [5.41, 5.74) is 1.90. The van der Waals surface area contributed by atoms with Gasteiger partial charge in [-0.05, 0) is 20.8 Å². The Morgan fingerprint density at radius 3 is 2.68 bits per heavy atom. The number of hydrazine groups is 1. The molecule has 1 fully saturated rings. The van der Waals surface area contributed by atoms with Gasteiger partial charge in [-0.25, -0.2) is 15.8 Å². The van der Waals surface area contributed by atoms with Crippen LogP contribution in [0, 0.1) is 6.92 Å². The second-order valence-corrected chi connectivity index (χ2v) is 5.24. The minimum Gasteiger partial charge on any atom is -0.342 e. The number of anilines is 2. The minimum atomic E-state index is -0.625. The largest absolute Gasteiger partial charge is 0.342 e. The molecule has 1 aromatic heterocycles. The van der Waals surface area contributed by atoms with Gasteiger partial charge in [0.05, 0.1) is 0 Å². The van der Waals surface area contributed by atoms with Crippen LogP contribution < -0.4 is 16.2 Å². The van der Waals surface area contributed by atoms with E-state index in [0.717, 1.165) is 6.54 Å². The van der Waals surface area contributed by atoms with Crippen LogP contribution in [0.3, 0.4) is 0 Å². The van der Waals surface area contributed by atoms with Crippen molar-refractivity contribution in [1.82, 2.24) is 14.9 Å². The Bertz CT molecular complexity index is 501. The van der Waals surface area contributed by atoms with Crippen LogP contribution in [0.2, 0.25) is 0 Å². The highest BCUT2D eigenvalue weighted by Gasteiger charge is 2.41. The van der Waals surface area contributed by atoms with Crippen LogP contribution >= 0.6 is 0 Å². The number of piperazine rings is 1. The maximum Gasteiger partial charge on any atom is 0.247 e. The summed E-state index contributed by atoms with van der Waals surface area (Å²) in [4.78, 5) is 24.6. The molecule has 1 aromatic rings. The molecular formula is C12H20N6O. The first-order valence-electron chi connectivity index (χ1n) is 6.22. The molecule has 2 heterocycles. The Hall–Kier alpha value is -1.89.